The molecule has 1 aromatic carbocycles. The van der Waals surface area contributed by atoms with Crippen LogP contribution in [0.3, 0.4) is 0 Å². The molecule has 0 amide bonds. The van der Waals surface area contributed by atoms with Gasteiger partial charge >= 0.3 is 0 Å². The fourth-order valence-electron chi connectivity index (χ4n) is 1.58. The fourth-order valence-corrected chi connectivity index (χ4v) is 2.78. The lowest BCUT2D eigenvalue weighted by atomic mass is 10.2. The van der Waals surface area contributed by atoms with Crippen LogP contribution in [0.25, 0.3) is 0 Å². The number of nitrogens with one attached hydrogen (secondary N) is 2. The predicted molar refractivity (Wildman–Crippen MR) is 72.7 cm³/mol. The lowest BCUT2D eigenvalue weighted by Gasteiger charge is -2.14. The monoisotopic (exact) mass is 287 g/mol. The summed E-state index contributed by atoms with van der Waals surface area (Å²) in [7, 11) is -0.666. The molecule has 0 aliphatic heterocycles. The topological polar surface area (TPSA) is 103 Å². The largest absolute Gasteiger partial charge is 0.493 e. The fraction of sp³-hybridized carbons (Fsp3) is 0.455. The van der Waals surface area contributed by atoms with Crippen molar-refractivity contribution >= 4 is 21.6 Å². The average Bonchev–Trinajstić information content (AvgIpc) is 3.14. The number of anilines is 2. The van der Waals surface area contributed by atoms with Crippen molar-refractivity contribution < 1.29 is 17.9 Å². The van der Waals surface area contributed by atoms with E-state index in [1.165, 1.54) is 26.4 Å². The van der Waals surface area contributed by atoms with Gasteiger partial charge in [0.2, 0.25) is 0 Å². The molecule has 1 aromatic rings. The van der Waals surface area contributed by atoms with Gasteiger partial charge in [-0.25, -0.2) is 0 Å². The normalized spacial score (nSPS) is 15.1. The summed E-state index contributed by atoms with van der Waals surface area (Å²) in [6.07, 6.45) is 1.73. The van der Waals surface area contributed by atoms with Crippen molar-refractivity contribution in [2.75, 3.05) is 24.7 Å². The van der Waals surface area contributed by atoms with Crippen molar-refractivity contribution in [3.05, 3.63) is 12.1 Å². The number of ether oxygens (including phenoxy) is 2. The lowest BCUT2D eigenvalue weighted by Crippen LogP contribution is -2.32. The highest BCUT2D eigenvalue weighted by Gasteiger charge is 2.27. The molecule has 7 nitrogen and oxygen atoms in total. The summed E-state index contributed by atoms with van der Waals surface area (Å²) < 4.78 is 38.7. The van der Waals surface area contributed by atoms with Crippen LogP contribution in [0, 0.1) is 0 Å². The van der Waals surface area contributed by atoms with E-state index in [9.17, 15) is 8.42 Å². The molecule has 1 aliphatic rings. The molecule has 0 heterocycles. The highest BCUT2D eigenvalue weighted by atomic mass is 32.2. The first-order valence-corrected chi connectivity index (χ1v) is 7.25. The van der Waals surface area contributed by atoms with Crippen LogP contribution in [0.15, 0.2) is 12.1 Å². The summed E-state index contributed by atoms with van der Waals surface area (Å²) in [5, 5.41) is 0. The van der Waals surface area contributed by atoms with Gasteiger partial charge in [0.15, 0.2) is 11.5 Å². The summed E-state index contributed by atoms with van der Waals surface area (Å²) in [6, 6.07) is 3.02. The van der Waals surface area contributed by atoms with Gasteiger partial charge in [0, 0.05) is 18.2 Å². The Hall–Kier alpha value is -1.67. The predicted octanol–water partition coefficient (Wildman–Crippen LogP) is 0.695. The molecule has 1 fully saturated rings. The maximum Gasteiger partial charge on any atom is 0.299 e. The summed E-state index contributed by atoms with van der Waals surface area (Å²) >= 11 is 0. The van der Waals surface area contributed by atoms with E-state index in [0.29, 0.717) is 11.5 Å². The van der Waals surface area contributed by atoms with E-state index in [2.05, 4.69) is 9.44 Å². The lowest BCUT2D eigenvalue weighted by molar-refractivity contribution is 0.355. The Bertz CT molecular complexity index is 570. The first-order chi connectivity index (χ1) is 8.95. The van der Waals surface area contributed by atoms with Crippen molar-refractivity contribution in [3.63, 3.8) is 0 Å². The van der Waals surface area contributed by atoms with E-state index in [0.717, 1.165) is 12.8 Å². The van der Waals surface area contributed by atoms with Crippen molar-refractivity contribution in [1.82, 2.24) is 4.72 Å². The van der Waals surface area contributed by atoms with Crippen LogP contribution in [0.4, 0.5) is 11.4 Å². The van der Waals surface area contributed by atoms with Gasteiger partial charge in [-0.05, 0) is 12.8 Å². The Labute approximate surface area is 112 Å². The Morgan fingerprint density at radius 2 is 1.79 bits per heavy atom. The number of nitrogens with two attached hydrogens (primary N) is 1. The highest BCUT2D eigenvalue weighted by molar-refractivity contribution is 7.90. The van der Waals surface area contributed by atoms with E-state index < -0.39 is 10.2 Å². The van der Waals surface area contributed by atoms with Gasteiger partial charge in [-0.2, -0.15) is 13.1 Å². The van der Waals surface area contributed by atoms with Gasteiger partial charge in [-0.15, -0.1) is 0 Å². The summed E-state index contributed by atoms with van der Waals surface area (Å²) in [4.78, 5) is 0. The first-order valence-electron chi connectivity index (χ1n) is 5.76. The third-order valence-corrected chi connectivity index (χ3v) is 3.83. The first kappa shape index (κ1) is 13.8. The maximum atomic E-state index is 11.8. The minimum atomic E-state index is -3.61. The van der Waals surface area contributed by atoms with E-state index in [4.69, 9.17) is 15.2 Å². The van der Waals surface area contributed by atoms with Gasteiger partial charge < -0.3 is 15.2 Å². The number of methoxy groups -OCH3 is 2. The summed E-state index contributed by atoms with van der Waals surface area (Å²) in [5.74, 6) is 0.846. The van der Waals surface area contributed by atoms with E-state index in [1.807, 2.05) is 0 Å². The van der Waals surface area contributed by atoms with Crippen LogP contribution in [0.1, 0.15) is 12.8 Å². The Kier molecular flexibility index (Phi) is 3.72. The van der Waals surface area contributed by atoms with E-state index in [-0.39, 0.29) is 17.4 Å². The molecule has 0 bridgehead atoms. The molecule has 4 N–H and O–H groups in total. The van der Waals surface area contributed by atoms with Crippen molar-refractivity contribution in [2.45, 2.75) is 18.9 Å². The summed E-state index contributed by atoms with van der Waals surface area (Å²) in [5.41, 5.74) is 6.30. The molecule has 106 valence electrons. The molecule has 0 aromatic heterocycles. The van der Waals surface area contributed by atoms with Crippen molar-refractivity contribution in [2.24, 2.45) is 0 Å². The standard InChI is InChI=1S/C11H17N3O4S/c1-17-10-5-8(12)9(6-11(10)18-2)14-19(15,16)13-7-3-4-7/h5-7,13-14H,3-4,12H2,1-2H3. The van der Waals surface area contributed by atoms with E-state index >= 15 is 0 Å². The zero-order valence-electron chi connectivity index (χ0n) is 10.8. The van der Waals surface area contributed by atoms with Crippen LogP contribution < -0.4 is 24.7 Å². The quantitative estimate of drug-likeness (QED) is 0.668. The Morgan fingerprint density at radius 3 is 2.32 bits per heavy atom. The van der Waals surface area contributed by atoms with Gasteiger partial charge in [-0.3, -0.25) is 4.72 Å². The molecule has 0 saturated heterocycles. The van der Waals surface area contributed by atoms with E-state index in [1.54, 1.807) is 0 Å². The molecule has 2 rings (SSSR count). The molecular weight excluding hydrogens is 270 g/mol. The summed E-state index contributed by atoms with van der Waals surface area (Å²) in [6.45, 7) is 0. The Morgan fingerprint density at radius 1 is 1.21 bits per heavy atom. The molecule has 0 spiro atoms. The molecule has 8 heteroatoms. The van der Waals surface area contributed by atoms with Gasteiger partial charge in [0.1, 0.15) is 0 Å². The van der Waals surface area contributed by atoms with Gasteiger partial charge in [0.25, 0.3) is 10.2 Å². The molecular formula is C11H17N3O4S. The molecule has 1 saturated carbocycles. The third-order valence-electron chi connectivity index (χ3n) is 2.70. The minimum Gasteiger partial charge on any atom is -0.493 e. The molecule has 19 heavy (non-hydrogen) atoms. The molecule has 0 atom stereocenters. The number of rotatable bonds is 6. The number of benzene rings is 1. The SMILES string of the molecule is COc1cc(N)c(NS(=O)(=O)NC2CC2)cc1OC. The zero-order valence-corrected chi connectivity index (χ0v) is 11.6. The van der Waals surface area contributed by atoms with Crippen molar-refractivity contribution in [1.29, 1.82) is 0 Å². The average molecular weight is 287 g/mol. The minimum absolute atomic E-state index is 0.0267. The number of hydrogen-bond donors (Lipinski definition) is 3. The Balaban J connectivity index is 2.24. The maximum absolute atomic E-state index is 11.8. The third kappa shape index (κ3) is 3.42. The van der Waals surface area contributed by atoms with Crippen LogP contribution in [0.5, 0.6) is 11.5 Å². The number of hydrogen-bond acceptors (Lipinski definition) is 5. The van der Waals surface area contributed by atoms with Gasteiger partial charge in [0.05, 0.1) is 25.6 Å². The van der Waals surface area contributed by atoms with Crippen LogP contribution in [0.2, 0.25) is 0 Å². The second-order valence-corrected chi connectivity index (χ2v) is 5.74. The van der Waals surface area contributed by atoms with Crippen LogP contribution in [-0.4, -0.2) is 28.7 Å². The molecule has 1 aliphatic carbocycles. The zero-order chi connectivity index (χ0) is 14.0. The highest BCUT2D eigenvalue weighted by Crippen LogP contribution is 2.35. The van der Waals surface area contributed by atoms with Crippen LogP contribution in [-0.2, 0) is 10.2 Å². The second-order valence-electron chi connectivity index (χ2n) is 4.29. The smallest absolute Gasteiger partial charge is 0.299 e. The molecule has 0 radical (unpaired) electrons. The second kappa shape index (κ2) is 5.14. The van der Waals surface area contributed by atoms with Crippen molar-refractivity contribution in [3.8, 4) is 11.5 Å². The van der Waals surface area contributed by atoms with Crippen LogP contribution >= 0.6 is 0 Å². The number of nitrogen functional groups attached to an aromatic ring is 1. The molecule has 0 unspecified atom stereocenters. The van der Waals surface area contributed by atoms with Gasteiger partial charge in [-0.1, -0.05) is 0 Å².